The third-order valence-electron chi connectivity index (χ3n) is 3.23. The average molecular weight is 308 g/mol. The number of rotatable bonds is 7. The number of sulfonamides is 1. The molecule has 2 N–H and O–H groups in total. The molecule has 1 saturated heterocycles. The minimum absolute atomic E-state index is 0.0485. The largest absolute Gasteiger partial charge is 0.391 e. The fraction of sp³-hybridized carbons (Fsp3) is 0.917. The maximum atomic E-state index is 12.0. The summed E-state index contributed by atoms with van der Waals surface area (Å²) in [6, 6.07) is 0. The Kier molecular flexibility index (Phi) is 6.87. The van der Waals surface area contributed by atoms with E-state index in [1.807, 2.05) is 13.8 Å². The fourth-order valence-corrected chi connectivity index (χ4v) is 3.13. The Morgan fingerprint density at radius 3 is 2.50 bits per heavy atom. The molecule has 1 fully saturated rings. The van der Waals surface area contributed by atoms with Gasteiger partial charge in [0.1, 0.15) is 0 Å². The lowest BCUT2D eigenvalue weighted by Crippen LogP contribution is -2.43. The number of carbonyl (C=O) groups is 1. The number of ether oxygens (including phenoxy) is 1. The van der Waals surface area contributed by atoms with Gasteiger partial charge in [-0.2, -0.15) is 4.31 Å². The number of amides is 1. The summed E-state index contributed by atoms with van der Waals surface area (Å²) in [4.78, 5) is 11.6. The molecule has 118 valence electrons. The van der Waals surface area contributed by atoms with E-state index in [2.05, 4.69) is 5.32 Å². The van der Waals surface area contributed by atoms with Gasteiger partial charge in [0.25, 0.3) is 0 Å². The Labute approximate surface area is 120 Å². The molecule has 1 aliphatic rings. The number of hydrogen-bond acceptors (Lipinski definition) is 5. The molecule has 0 spiro atoms. The van der Waals surface area contributed by atoms with E-state index in [9.17, 15) is 18.3 Å². The number of carbonyl (C=O) groups excluding carboxylic acids is 1. The van der Waals surface area contributed by atoms with Crippen molar-refractivity contribution in [3.8, 4) is 0 Å². The Bertz CT molecular complexity index is 404. The molecule has 0 aromatic heterocycles. The van der Waals surface area contributed by atoms with Gasteiger partial charge in [0.2, 0.25) is 15.9 Å². The van der Waals surface area contributed by atoms with Gasteiger partial charge in [-0.15, -0.1) is 0 Å². The highest BCUT2D eigenvalue weighted by atomic mass is 32.2. The van der Waals surface area contributed by atoms with E-state index in [0.717, 1.165) is 0 Å². The van der Waals surface area contributed by atoms with E-state index >= 15 is 0 Å². The Balaban J connectivity index is 2.32. The van der Waals surface area contributed by atoms with Crippen molar-refractivity contribution < 1.29 is 23.1 Å². The first kappa shape index (κ1) is 17.4. The smallest absolute Gasteiger partial charge is 0.221 e. The molecule has 1 unspecified atom stereocenters. The summed E-state index contributed by atoms with van der Waals surface area (Å²) >= 11 is 0. The third kappa shape index (κ3) is 5.74. The van der Waals surface area contributed by atoms with Crippen LogP contribution in [-0.2, 0) is 19.6 Å². The molecule has 0 aromatic carbocycles. The number of nitrogens with one attached hydrogen (secondary N) is 1. The minimum Gasteiger partial charge on any atom is -0.391 e. The SMILES string of the molecule is CC(C)C(O)CNC(=O)CCS(=O)(=O)N1CCOCC1. The van der Waals surface area contributed by atoms with Gasteiger partial charge >= 0.3 is 0 Å². The van der Waals surface area contributed by atoms with Crippen molar-refractivity contribution in [1.82, 2.24) is 9.62 Å². The van der Waals surface area contributed by atoms with Crippen molar-refractivity contribution in [2.45, 2.75) is 26.4 Å². The third-order valence-corrected chi connectivity index (χ3v) is 5.10. The molecule has 1 aliphatic heterocycles. The number of aliphatic hydroxyl groups is 1. The van der Waals surface area contributed by atoms with Crippen molar-refractivity contribution in [1.29, 1.82) is 0 Å². The predicted molar refractivity (Wildman–Crippen MR) is 74.7 cm³/mol. The second-order valence-electron chi connectivity index (χ2n) is 5.19. The van der Waals surface area contributed by atoms with E-state index in [1.165, 1.54) is 4.31 Å². The molecular weight excluding hydrogens is 284 g/mol. The number of nitrogens with zero attached hydrogens (tertiary/aromatic N) is 1. The molecule has 0 aromatic rings. The maximum absolute atomic E-state index is 12.0. The van der Waals surface area contributed by atoms with Gasteiger partial charge in [0.15, 0.2) is 0 Å². The molecule has 7 nitrogen and oxygen atoms in total. The molecule has 1 heterocycles. The zero-order chi connectivity index (χ0) is 15.2. The molecule has 20 heavy (non-hydrogen) atoms. The maximum Gasteiger partial charge on any atom is 0.221 e. The monoisotopic (exact) mass is 308 g/mol. The van der Waals surface area contributed by atoms with E-state index in [-0.39, 0.29) is 30.5 Å². The normalized spacial score (nSPS) is 19.0. The van der Waals surface area contributed by atoms with E-state index in [0.29, 0.717) is 26.3 Å². The van der Waals surface area contributed by atoms with Crippen LogP contribution in [0.4, 0.5) is 0 Å². The van der Waals surface area contributed by atoms with Gasteiger partial charge in [0, 0.05) is 26.1 Å². The molecule has 0 aliphatic carbocycles. The van der Waals surface area contributed by atoms with Crippen molar-refractivity contribution in [3.63, 3.8) is 0 Å². The molecule has 1 amide bonds. The number of morpholine rings is 1. The van der Waals surface area contributed by atoms with Crippen molar-refractivity contribution >= 4 is 15.9 Å². The standard InChI is InChI=1S/C12H24N2O5S/c1-10(2)11(15)9-13-12(16)3-8-20(17,18)14-4-6-19-7-5-14/h10-11,15H,3-9H2,1-2H3,(H,13,16). The Morgan fingerprint density at radius 1 is 1.35 bits per heavy atom. The first-order chi connectivity index (χ1) is 9.33. The van der Waals surface area contributed by atoms with Crippen LogP contribution in [0.15, 0.2) is 0 Å². The summed E-state index contributed by atoms with van der Waals surface area (Å²) in [5.41, 5.74) is 0. The molecule has 1 rings (SSSR count). The molecule has 8 heteroatoms. The minimum atomic E-state index is -3.40. The second kappa shape index (κ2) is 7.92. The summed E-state index contributed by atoms with van der Waals surface area (Å²) < 4.78 is 30.4. The highest BCUT2D eigenvalue weighted by Gasteiger charge is 2.24. The van der Waals surface area contributed by atoms with Gasteiger partial charge in [-0.1, -0.05) is 13.8 Å². The van der Waals surface area contributed by atoms with Crippen LogP contribution in [-0.4, -0.2) is 68.4 Å². The average Bonchev–Trinajstić information content (AvgIpc) is 2.43. The molecule has 1 atom stereocenters. The first-order valence-corrected chi connectivity index (χ1v) is 8.44. The topological polar surface area (TPSA) is 95.9 Å². The lowest BCUT2D eigenvalue weighted by Gasteiger charge is -2.25. The summed E-state index contributed by atoms with van der Waals surface area (Å²) in [5, 5.41) is 12.1. The zero-order valence-corrected chi connectivity index (χ0v) is 12.9. The quantitative estimate of drug-likeness (QED) is 0.640. The Morgan fingerprint density at radius 2 is 1.95 bits per heavy atom. The second-order valence-corrected chi connectivity index (χ2v) is 7.28. The van der Waals surface area contributed by atoms with Gasteiger partial charge in [-0.05, 0) is 5.92 Å². The van der Waals surface area contributed by atoms with Crippen molar-refractivity contribution in [2.24, 2.45) is 5.92 Å². The molecule has 0 radical (unpaired) electrons. The Hall–Kier alpha value is -0.700. The molecular formula is C12H24N2O5S. The van der Waals surface area contributed by atoms with Crippen LogP contribution in [0.3, 0.4) is 0 Å². The first-order valence-electron chi connectivity index (χ1n) is 6.83. The van der Waals surface area contributed by atoms with Crippen LogP contribution in [0.2, 0.25) is 0 Å². The van der Waals surface area contributed by atoms with Crippen molar-refractivity contribution in [3.05, 3.63) is 0 Å². The van der Waals surface area contributed by atoms with Gasteiger partial charge < -0.3 is 15.2 Å². The van der Waals surface area contributed by atoms with Gasteiger partial charge in [-0.25, -0.2) is 8.42 Å². The number of aliphatic hydroxyl groups excluding tert-OH is 1. The van der Waals surface area contributed by atoms with Crippen LogP contribution >= 0.6 is 0 Å². The summed E-state index contributed by atoms with van der Waals surface area (Å²) in [6.45, 7) is 5.32. The molecule has 0 saturated carbocycles. The summed E-state index contributed by atoms with van der Waals surface area (Å²) in [5.74, 6) is -0.523. The molecule has 0 bridgehead atoms. The van der Waals surface area contributed by atoms with Crippen LogP contribution in [0, 0.1) is 5.92 Å². The summed E-state index contributed by atoms with van der Waals surface area (Å²) in [6.07, 6.45) is -0.709. The van der Waals surface area contributed by atoms with Crippen LogP contribution in [0.1, 0.15) is 20.3 Å². The highest BCUT2D eigenvalue weighted by Crippen LogP contribution is 2.07. The van der Waals surface area contributed by atoms with Crippen LogP contribution in [0.25, 0.3) is 0 Å². The van der Waals surface area contributed by atoms with E-state index in [1.54, 1.807) is 0 Å². The van der Waals surface area contributed by atoms with Crippen LogP contribution in [0.5, 0.6) is 0 Å². The lowest BCUT2D eigenvalue weighted by molar-refractivity contribution is -0.121. The van der Waals surface area contributed by atoms with Gasteiger partial charge in [-0.3, -0.25) is 4.79 Å². The van der Waals surface area contributed by atoms with Gasteiger partial charge in [0.05, 0.1) is 25.1 Å². The zero-order valence-electron chi connectivity index (χ0n) is 12.0. The van der Waals surface area contributed by atoms with Crippen LogP contribution < -0.4 is 5.32 Å². The van der Waals surface area contributed by atoms with Crippen molar-refractivity contribution in [2.75, 3.05) is 38.6 Å². The summed E-state index contributed by atoms with van der Waals surface area (Å²) in [7, 11) is -3.40. The predicted octanol–water partition coefficient (Wildman–Crippen LogP) is -0.828. The number of hydrogen-bond donors (Lipinski definition) is 2. The van der Waals surface area contributed by atoms with E-state index < -0.39 is 16.1 Å². The van der Waals surface area contributed by atoms with E-state index in [4.69, 9.17) is 4.74 Å². The highest BCUT2D eigenvalue weighted by molar-refractivity contribution is 7.89. The lowest BCUT2D eigenvalue weighted by atomic mass is 10.1. The fourth-order valence-electron chi connectivity index (χ4n) is 1.72.